The van der Waals surface area contributed by atoms with Crippen molar-refractivity contribution in [3.05, 3.63) is 88.1 Å². The smallest absolute Gasteiger partial charge is 0.0139 e. The number of benzene rings is 1. The number of hydrogen-bond acceptors (Lipinski definition) is 0. The first-order valence-corrected chi connectivity index (χ1v) is 7.98. The van der Waals surface area contributed by atoms with E-state index in [9.17, 15) is 0 Å². The van der Waals surface area contributed by atoms with E-state index in [1.54, 1.807) is 6.08 Å². The van der Waals surface area contributed by atoms with Gasteiger partial charge in [0, 0.05) is 3.57 Å². The molecule has 1 aromatic rings. The van der Waals surface area contributed by atoms with Gasteiger partial charge in [-0.05, 0) is 70.7 Å². The van der Waals surface area contributed by atoms with Gasteiger partial charge in [-0.25, -0.2) is 0 Å². The van der Waals surface area contributed by atoms with Crippen molar-refractivity contribution in [2.24, 2.45) is 0 Å². The molecule has 0 nitrogen and oxygen atoms in total. The second-order valence-corrected chi connectivity index (χ2v) is 5.99. The highest BCUT2D eigenvalue weighted by atomic mass is 127. The van der Waals surface area contributed by atoms with Gasteiger partial charge in [0.1, 0.15) is 0 Å². The summed E-state index contributed by atoms with van der Waals surface area (Å²) in [6, 6.07) is 6.80. The topological polar surface area (TPSA) is 0 Å². The first-order chi connectivity index (χ1) is 9.79. The number of hydrogen-bond donors (Lipinski definition) is 0. The molecule has 0 unspecified atom stereocenters. The van der Waals surface area contributed by atoms with Gasteiger partial charge in [0.05, 0.1) is 0 Å². The molecule has 0 atom stereocenters. The quantitative estimate of drug-likeness (QED) is 0.447. The lowest BCUT2D eigenvalue weighted by atomic mass is 9.97. The van der Waals surface area contributed by atoms with Gasteiger partial charge in [-0.2, -0.15) is 0 Å². The molecule has 102 valence electrons. The Hall–Kier alpha value is -1.35. The highest BCUT2D eigenvalue weighted by Crippen LogP contribution is 2.24. The molecular formula is C19H19I. The predicted octanol–water partition coefficient (Wildman–Crippen LogP) is 5.87. The second kappa shape index (κ2) is 8.05. The molecule has 2 rings (SSSR count). The van der Waals surface area contributed by atoms with Crippen LogP contribution in [-0.4, -0.2) is 0 Å². The summed E-state index contributed by atoms with van der Waals surface area (Å²) in [6.07, 6.45) is 20.1. The van der Waals surface area contributed by atoms with E-state index in [0.29, 0.717) is 0 Å². The maximum atomic E-state index is 3.66. The van der Waals surface area contributed by atoms with Crippen molar-refractivity contribution in [3.8, 4) is 0 Å². The first-order valence-electron chi connectivity index (χ1n) is 6.90. The zero-order chi connectivity index (χ0) is 14.2. The van der Waals surface area contributed by atoms with Gasteiger partial charge in [0.25, 0.3) is 0 Å². The van der Waals surface area contributed by atoms with Crippen LogP contribution in [0.3, 0.4) is 0 Å². The largest absolute Gasteiger partial charge is 0.0991 e. The van der Waals surface area contributed by atoms with Crippen molar-refractivity contribution in [2.75, 3.05) is 0 Å². The van der Waals surface area contributed by atoms with Gasteiger partial charge in [0.15, 0.2) is 0 Å². The molecule has 0 heterocycles. The predicted molar refractivity (Wildman–Crippen MR) is 97.7 cm³/mol. The van der Waals surface area contributed by atoms with Crippen LogP contribution in [0, 0.1) is 3.57 Å². The maximum absolute atomic E-state index is 3.66. The molecule has 0 amide bonds. The SMILES string of the molecule is C=C/C=C\C=C/Cc1cc(I)cc(C2=CCCC=C2)c1. The molecule has 1 aliphatic carbocycles. The van der Waals surface area contributed by atoms with Crippen LogP contribution >= 0.6 is 22.6 Å². The van der Waals surface area contributed by atoms with Crippen LogP contribution in [0.1, 0.15) is 24.0 Å². The van der Waals surface area contributed by atoms with Gasteiger partial charge in [-0.1, -0.05) is 61.3 Å². The van der Waals surface area contributed by atoms with Crippen LogP contribution < -0.4 is 0 Å². The van der Waals surface area contributed by atoms with E-state index in [1.165, 1.54) is 26.7 Å². The summed E-state index contributed by atoms with van der Waals surface area (Å²) >= 11 is 2.40. The average molecular weight is 374 g/mol. The Balaban J connectivity index is 2.14. The Morgan fingerprint density at radius 2 is 2.00 bits per heavy atom. The lowest BCUT2D eigenvalue weighted by molar-refractivity contribution is 1.04. The Labute approximate surface area is 135 Å². The van der Waals surface area contributed by atoms with Gasteiger partial charge in [-0.15, -0.1) is 0 Å². The van der Waals surface area contributed by atoms with Crippen LogP contribution in [0.2, 0.25) is 0 Å². The molecule has 1 aromatic carbocycles. The fourth-order valence-electron chi connectivity index (χ4n) is 2.19. The summed E-state index contributed by atoms with van der Waals surface area (Å²) in [4.78, 5) is 0. The van der Waals surface area contributed by atoms with Crippen LogP contribution in [0.4, 0.5) is 0 Å². The average Bonchev–Trinajstić information content (AvgIpc) is 2.47. The number of rotatable bonds is 5. The molecule has 1 aliphatic rings. The molecule has 20 heavy (non-hydrogen) atoms. The molecule has 0 radical (unpaired) electrons. The normalized spacial score (nSPS) is 14.9. The number of halogens is 1. The summed E-state index contributed by atoms with van der Waals surface area (Å²) in [5, 5.41) is 0. The third-order valence-corrected chi connectivity index (χ3v) is 3.76. The van der Waals surface area contributed by atoms with Crippen LogP contribution in [0.15, 0.2) is 73.4 Å². The Bertz CT molecular complexity index is 586. The van der Waals surface area contributed by atoms with E-state index in [4.69, 9.17) is 0 Å². The lowest BCUT2D eigenvalue weighted by Gasteiger charge is -2.09. The summed E-state index contributed by atoms with van der Waals surface area (Å²) in [6.45, 7) is 3.66. The van der Waals surface area contributed by atoms with E-state index in [-0.39, 0.29) is 0 Å². The molecular weight excluding hydrogens is 355 g/mol. The van der Waals surface area contributed by atoms with Gasteiger partial charge >= 0.3 is 0 Å². The third kappa shape index (κ3) is 4.64. The summed E-state index contributed by atoms with van der Waals surface area (Å²) in [5.74, 6) is 0. The lowest BCUT2D eigenvalue weighted by Crippen LogP contribution is -1.91. The van der Waals surface area contributed by atoms with Crippen LogP contribution in [-0.2, 0) is 6.42 Å². The molecule has 0 bridgehead atoms. The Morgan fingerprint density at radius 3 is 2.75 bits per heavy atom. The number of allylic oxidation sites excluding steroid dienone is 9. The maximum Gasteiger partial charge on any atom is 0.0139 e. The van der Waals surface area contributed by atoms with Gasteiger partial charge in [-0.3, -0.25) is 0 Å². The second-order valence-electron chi connectivity index (χ2n) is 4.74. The van der Waals surface area contributed by atoms with E-state index in [2.05, 4.69) is 77.7 Å². The van der Waals surface area contributed by atoms with E-state index < -0.39 is 0 Å². The van der Waals surface area contributed by atoms with E-state index in [0.717, 1.165) is 12.8 Å². The zero-order valence-electron chi connectivity index (χ0n) is 11.6. The highest BCUT2D eigenvalue weighted by Gasteiger charge is 2.04. The summed E-state index contributed by atoms with van der Waals surface area (Å²) in [7, 11) is 0. The minimum atomic E-state index is 0.961. The molecule has 0 aliphatic heterocycles. The first kappa shape index (κ1) is 15.0. The van der Waals surface area contributed by atoms with Gasteiger partial charge < -0.3 is 0 Å². The van der Waals surface area contributed by atoms with Crippen LogP contribution in [0.25, 0.3) is 5.57 Å². The van der Waals surface area contributed by atoms with Crippen molar-refractivity contribution >= 4 is 28.2 Å². The zero-order valence-corrected chi connectivity index (χ0v) is 13.7. The summed E-state index contributed by atoms with van der Waals surface area (Å²) < 4.78 is 1.30. The molecule has 0 spiro atoms. The third-order valence-electron chi connectivity index (χ3n) is 3.13. The van der Waals surface area contributed by atoms with Gasteiger partial charge in [0.2, 0.25) is 0 Å². The van der Waals surface area contributed by atoms with E-state index in [1.807, 2.05) is 12.2 Å². The Morgan fingerprint density at radius 1 is 1.10 bits per heavy atom. The van der Waals surface area contributed by atoms with Crippen molar-refractivity contribution in [2.45, 2.75) is 19.3 Å². The fraction of sp³-hybridized carbons (Fsp3) is 0.158. The minimum absolute atomic E-state index is 0.961. The van der Waals surface area contributed by atoms with Crippen molar-refractivity contribution < 1.29 is 0 Å². The highest BCUT2D eigenvalue weighted by molar-refractivity contribution is 14.1. The monoisotopic (exact) mass is 374 g/mol. The van der Waals surface area contributed by atoms with Crippen LogP contribution in [0.5, 0.6) is 0 Å². The molecule has 0 N–H and O–H groups in total. The molecule has 0 aromatic heterocycles. The minimum Gasteiger partial charge on any atom is -0.0991 e. The summed E-state index contributed by atoms with van der Waals surface area (Å²) in [5.41, 5.74) is 4.04. The van der Waals surface area contributed by atoms with E-state index >= 15 is 0 Å². The van der Waals surface area contributed by atoms with Crippen molar-refractivity contribution in [1.29, 1.82) is 0 Å². The van der Waals surface area contributed by atoms with Crippen molar-refractivity contribution in [1.82, 2.24) is 0 Å². The molecule has 0 saturated carbocycles. The standard InChI is InChI=1S/C19H19I/c1-2-3-4-5-7-10-16-13-18(15-19(20)14-16)17-11-8-6-9-12-17/h2-5,7-8,11-15H,1,6,9-10H2/b4-3-,7-5-. The molecule has 1 heteroatoms. The molecule has 0 fully saturated rings. The molecule has 0 saturated heterocycles. The fourth-order valence-corrected chi connectivity index (χ4v) is 2.92. The van der Waals surface area contributed by atoms with Crippen molar-refractivity contribution in [3.63, 3.8) is 0 Å². The Kier molecular flexibility index (Phi) is 6.06.